The van der Waals surface area contributed by atoms with E-state index in [0.717, 1.165) is 37.0 Å². The van der Waals surface area contributed by atoms with E-state index in [4.69, 9.17) is 4.74 Å². The third kappa shape index (κ3) is 3.35. The van der Waals surface area contributed by atoms with Crippen molar-refractivity contribution in [3.8, 4) is 0 Å². The average Bonchev–Trinajstić information content (AvgIpc) is 2.35. The molecule has 5 heteroatoms. The molecular formula is C14H24N4O. The molecule has 2 rings (SSSR count). The highest BCUT2D eigenvalue weighted by Gasteiger charge is 2.32. The van der Waals surface area contributed by atoms with Crippen LogP contribution >= 0.6 is 0 Å². The zero-order valence-electron chi connectivity index (χ0n) is 12.5. The van der Waals surface area contributed by atoms with Gasteiger partial charge >= 0.3 is 0 Å². The number of ether oxygens (including phenoxy) is 1. The maximum atomic E-state index is 5.94. The molecule has 1 fully saturated rings. The zero-order chi connectivity index (χ0) is 14.0. The van der Waals surface area contributed by atoms with Crippen molar-refractivity contribution in [1.29, 1.82) is 0 Å². The topological polar surface area (TPSA) is 50.3 Å². The van der Waals surface area contributed by atoms with Crippen LogP contribution in [0.1, 0.15) is 33.5 Å². The largest absolute Gasteiger partial charge is 0.373 e. The van der Waals surface area contributed by atoms with Crippen LogP contribution in [-0.2, 0) is 11.2 Å². The van der Waals surface area contributed by atoms with Crippen molar-refractivity contribution in [3.05, 3.63) is 11.9 Å². The average molecular weight is 264 g/mol. The first-order chi connectivity index (χ1) is 8.93. The minimum absolute atomic E-state index is 0.144. The number of rotatable bonds is 3. The quantitative estimate of drug-likeness (QED) is 0.906. The Morgan fingerprint density at radius 2 is 2.21 bits per heavy atom. The van der Waals surface area contributed by atoms with E-state index in [1.807, 2.05) is 13.1 Å². The molecule has 5 nitrogen and oxygen atoms in total. The van der Waals surface area contributed by atoms with Crippen LogP contribution in [0, 0.1) is 0 Å². The predicted molar refractivity (Wildman–Crippen MR) is 77.8 cm³/mol. The van der Waals surface area contributed by atoms with Crippen molar-refractivity contribution in [2.75, 3.05) is 30.4 Å². The summed E-state index contributed by atoms with van der Waals surface area (Å²) in [4.78, 5) is 11.4. The van der Waals surface area contributed by atoms with Gasteiger partial charge in [0.1, 0.15) is 17.5 Å². The Bertz CT molecular complexity index is 425. The van der Waals surface area contributed by atoms with Crippen molar-refractivity contribution in [3.63, 3.8) is 0 Å². The van der Waals surface area contributed by atoms with Crippen molar-refractivity contribution in [2.45, 2.75) is 45.8 Å². The molecule has 1 N–H and O–H groups in total. The molecule has 106 valence electrons. The molecule has 1 aromatic heterocycles. The third-order valence-electron chi connectivity index (χ3n) is 3.22. The number of aromatic nitrogens is 2. The van der Waals surface area contributed by atoms with Gasteiger partial charge in [-0.1, -0.05) is 6.92 Å². The molecule has 1 atom stereocenters. The van der Waals surface area contributed by atoms with Gasteiger partial charge < -0.3 is 15.0 Å². The van der Waals surface area contributed by atoms with Crippen LogP contribution in [-0.4, -0.2) is 41.8 Å². The SMILES string of the molecule is CCc1nc(NC)cc(N2CC(C)OC(C)(C)C2)n1. The summed E-state index contributed by atoms with van der Waals surface area (Å²) < 4.78 is 5.94. The Morgan fingerprint density at radius 1 is 1.47 bits per heavy atom. The molecule has 0 aromatic carbocycles. The summed E-state index contributed by atoms with van der Waals surface area (Å²) in [6.45, 7) is 10.1. The molecule has 0 radical (unpaired) electrons. The summed E-state index contributed by atoms with van der Waals surface area (Å²) in [5.74, 6) is 2.73. The lowest BCUT2D eigenvalue weighted by atomic mass is 10.1. The Morgan fingerprint density at radius 3 is 2.79 bits per heavy atom. The van der Waals surface area contributed by atoms with Gasteiger partial charge in [0.25, 0.3) is 0 Å². The van der Waals surface area contributed by atoms with Gasteiger partial charge in [-0.15, -0.1) is 0 Å². The van der Waals surface area contributed by atoms with Crippen molar-refractivity contribution < 1.29 is 4.74 Å². The molecule has 2 heterocycles. The lowest BCUT2D eigenvalue weighted by molar-refractivity contribution is -0.0751. The van der Waals surface area contributed by atoms with Gasteiger partial charge in [0.2, 0.25) is 0 Å². The summed E-state index contributed by atoms with van der Waals surface area (Å²) in [6.07, 6.45) is 1.05. The fourth-order valence-electron chi connectivity index (χ4n) is 2.56. The Hall–Kier alpha value is -1.36. The van der Waals surface area contributed by atoms with E-state index in [9.17, 15) is 0 Å². The number of nitrogens with one attached hydrogen (secondary N) is 1. The van der Waals surface area contributed by atoms with Gasteiger partial charge in [0, 0.05) is 32.6 Å². The maximum absolute atomic E-state index is 5.94. The molecule has 1 aliphatic rings. The van der Waals surface area contributed by atoms with E-state index in [1.165, 1.54) is 0 Å². The highest BCUT2D eigenvalue weighted by atomic mass is 16.5. The molecule has 0 amide bonds. The zero-order valence-corrected chi connectivity index (χ0v) is 12.5. The lowest BCUT2D eigenvalue weighted by Gasteiger charge is -2.42. The Kier molecular flexibility index (Phi) is 3.94. The van der Waals surface area contributed by atoms with Crippen LogP contribution in [0.3, 0.4) is 0 Å². The Labute approximate surface area is 115 Å². The van der Waals surface area contributed by atoms with Gasteiger partial charge in [-0.2, -0.15) is 0 Å². The monoisotopic (exact) mass is 264 g/mol. The molecule has 0 aliphatic carbocycles. The predicted octanol–water partition coefficient (Wildman–Crippen LogP) is 2.08. The number of morpholine rings is 1. The fraction of sp³-hybridized carbons (Fsp3) is 0.714. The van der Waals surface area contributed by atoms with Crippen LogP contribution in [0.5, 0.6) is 0 Å². The molecule has 19 heavy (non-hydrogen) atoms. The summed E-state index contributed by atoms with van der Waals surface area (Å²) in [7, 11) is 1.89. The van der Waals surface area contributed by atoms with E-state index in [0.29, 0.717) is 0 Å². The highest BCUT2D eigenvalue weighted by molar-refractivity contribution is 5.49. The van der Waals surface area contributed by atoms with Crippen LogP contribution in [0.4, 0.5) is 11.6 Å². The van der Waals surface area contributed by atoms with E-state index >= 15 is 0 Å². The standard InChI is InChI=1S/C14H24N4O/c1-6-11-16-12(15-5)7-13(17-11)18-8-10(2)19-14(3,4)9-18/h7,10H,6,8-9H2,1-5H3,(H,15,16,17). The third-order valence-corrected chi connectivity index (χ3v) is 3.22. The number of hydrogen-bond donors (Lipinski definition) is 1. The Balaban J connectivity index is 2.29. The van der Waals surface area contributed by atoms with Gasteiger partial charge in [-0.3, -0.25) is 0 Å². The van der Waals surface area contributed by atoms with E-state index in [1.54, 1.807) is 0 Å². The number of aryl methyl sites for hydroxylation is 1. The number of hydrogen-bond acceptors (Lipinski definition) is 5. The smallest absolute Gasteiger partial charge is 0.134 e. The molecule has 1 saturated heterocycles. The van der Waals surface area contributed by atoms with Gasteiger partial charge in [0.05, 0.1) is 11.7 Å². The summed E-state index contributed by atoms with van der Waals surface area (Å²) in [5, 5.41) is 3.10. The second-order valence-electron chi connectivity index (χ2n) is 5.70. The second-order valence-corrected chi connectivity index (χ2v) is 5.70. The maximum Gasteiger partial charge on any atom is 0.134 e. The molecule has 0 saturated carbocycles. The summed E-state index contributed by atoms with van der Waals surface area (Å²) in [6, 6.07) is 2.01. The van der Waals surface area contributed by atoms with Crippen molar-refractivity contribution in [1.82, 2.24) is 9.97 Å². The van der Waals surface area contributed by atoms with Crippen LogP contribution in [0.15, 0.2) is 6.07 Å². The summed E-state index contributed by atoms with van der Waals surface area (Å²) in [5.41, 5.74) is -0.144. The molecule has 0 spiro atoms. The van der Waals surface area contributed by atoms with Crippen molar-refractivity contribution in [2.24, 2.45) is 0 Å². The molecular weight excluding hydrogens is 240 g/mol. The summed E-state index contributed by atoms with van der Waals surface area (Å²) >= 11 is 0. The van der Waals surface area contributed by atoms with Gasteiger partial charge in [-0.05, 0) is 20.8 Å². The number of nitrogens with zero attached hydrogens (tertiary/aromatic N) is 3. The normalized spacial score (nSPS) is 22.4. The first-order valence-corrected chi connectivity index (χ1v) is 6.92. The van der Waals surface area contributed by atoms with Crippen LogP contribution in [0.25, 0.3) is 0 Å². The number of anilines is 2. The fourth-order valence-corrected chi connectivity index (χ4v) is 2.56. The molecule has 1 aliphatic heterocycles. The van der Waals surface area contributed by atoms with Crippen molar-refractivity contribution >= 4 is 11.6 Å². The lowest BCUT2D eigenvalue weighted by Crippen LogP contribution is -2.52. The first-order valence-electron chi connectivity index (χ1n) is 6.92. The van der Waals surface area contributed by atoms with E-state index in [-0.39, 0.29) is 11.7 Å². The molecule has 0 bridgehead atoms. The van der Waals surface area contributed by atoms with Crippen LogP contribution < -0.4 is 10.2 Å². The molecule has 1 unspecified atom stereocenters. The minimum Gasteiger partial charge on any atom is -0.373 e. The van der Waals surface area contributed by atoms with Gasteiger partial charge in [0.15, 0.2) is 0 Å². The first kappa shape index (κ1) is 14.1. The van der Waals surface area contributed by atoms with Gasteiger partial charge in [-0.25, -0.2) is 9.97 Å². The van der Waals surface area contributed by atoms with E-state index < -0.39 is 0 Å². The second kappa shape index (κ2) is 5.33. The molecule has 1 aromatic rings. The highest BCUT2D eigenvalue weighted by Crippen LogP contribution is 2.26. The van der Waals surface area contributed by atoms with Crippen LogP contribution in [0.2, 0.25) is 0 Å². The minimum atomic E-state index is -0.144. The van der Waals surface area contributed by atoms with E-state index in [2.05, 4.69) is 47.9 Å².